The molecule has 0 radical (unpaired) electrons. The highest BCUT2D eigenvalue weighted by atomic mass is 19.1. The topological polar surface area (TPSA) is 64.8 Å². The standard InChI is InChI=1S/C13H17FN2O3/c1-9-10(8-16-2-4-18-5-3-16)6-11(7-12(9)14)19-13(15)17/h6-7H,2-5,8H2,1H3,(H2,15,17). The normalized spacial score (nSPS) is 16.3. The predicted molar refractivity (Wildman–Crippen MR) is 67.4 cm³/mol. The summed E-state index contributed by atoms with van der Waals surface area (Å²) in [6, 6.07) is 2.82. The lowest BCUT2D eigenvalue weighted by Gasteiger charge is -2.27. The average molecular weight is 268 g/mol. The highest BCUT2D eigenvalue weighted by Crippen LogP contribution is 2.22. The summed E-state index contributed by atoms with van der Waals surface area (Å²) in [5.41, 5.74) is 6.28. The Balaban J connectivity index is 2.17. The molecule has 0 atom stereocenters. The summed E-state index contributed by atoms with van der Waals surface area (Å²) in [7, 11) is 0. The highest BCUT2D eigenvalue weighted by molar-refractivity contribution is 5.68. The van der Waals surface area contributed by atoms with Crippen LogP contribution in [0.3, 0.4) is 0 Å². The zero-order valence-corrected chi connectivity index (χ0v) is 10.8. The number of rotatable bonds is 3. The van der Waals surface area contributed by atoms with Crippen LogP contribution in [-0.2, 0) is 11.3 Å². The Bertz CT molecular complexity index is 473. The van der Waals surface area contributed by atoms with Crippen molar-refractivity contribution < 1.29 is 18.7 Å². The van der Waals surface area contributed by atoms with Gasteiger partial charge in [-0.15, -0.1) is 0 Å². The minimum atomic E-state index is -0.944. The van der Waals surface area contributed by atoms with E-state index < -0.39 is 11.9 Å². The molecule has 0 spiro atoms. The first-order valence-electron chi connectivity index (χ1n) is 6.12. The molecule has 1 saturated heterocycles. The summed E-state index contributed by atoms with van der Waals surface area (Å²) in [6.45, 7) is 5.28. The largest absolute Gasteiger partial charge is 0.410 e. The van der Waals surface area contributed by atoms with E-state index in [1.165, 1.54) is 6.07 Å². The van der Waals surface area contributed by atoms with Crippen LogP contribution < -0.4 is 10.5 Å². The van der Waals surface area contributed by atoms with E-state index in [0.717, 1.165) is 18.7 Å². The van der Waals surface area contributed by atoms with Crippen molar-refractivity contribution in [3.05, 3.63) is 29.1 Å². The van der Waals surface area contributed by atoms with E-state index in [0.29, 0.717) is 25.3 Å². The summed E-state index contributed by atoms with van der Waals surface area (Å²) >= 11 is 0. The molecular weight excluding hydrogens is 251 g/mol. The number of amides is 1. The number of benzene rings is 1. The first-order valence-corrected chi connectivity index (χ1v) is 6.12. The third kappa shape index (κ3) is 3.65. The Labute approximate surface area is 111 Å². The molecule has 1 heterocycles. The second-order valence-electron chi connectivity index (χ2n) is 4.50. The Morgan fingerprint density at radius 2 is 2.16 bits per heavy atom. The number of primary amides is 1. The number of nitrogens with two attached hydrogens (primary N) is 1. The molecule has 5 nitrogen and oxygen atoms in total. The van der Waals surface area contributed by atoms with Crippen LogP contribution in [0.15, 0.2) is 12.1 Å². The maximum Gasteiger partial charge on any atom is 0.409 e. The molecule has 0 unspecified atom stereocenters. The van der Waals surface area contributed by atoms with Crippen LogP contribution in [0.5, 0.6) is 5.75 Å². The van der Waals surface area contributed by atoms with Crippen LogP contribution in [0.25, 0.3) is 0 Å². The molecular formula is C13H17FN2O3. The molecule has 1 fully saturated rings. The maximum absolute atomic E-state index is 13.8. The van der Waals surface area contributed by atoms with E-state index >= 15 is 0 Å². The highest BCUT2D eigenvalue weighted by Gasteiger charge is 2.15. The zero-order chi connectivity index (χ0) is 13.8. The fourth-order valence-corrected chi connectivity index (χ4v) is 2.05. The van der Waals surface area contributed by atoms with E-state index in [1.807, 2.05) is 0 Å². The molecule has 1 aromatic carbocycles. The van der Waals surface area contributed by atoms with E-state index in [4.69, 9.17) is 15.2 Å². The van der Waals surface area contributed by atoms with Gasteiger partial charge in [-0.25, -0.2) is 9.18 Å². The van der Waals surface area contributed by atoms with E-state index in [-0.39, 0.29) is 5.75 Å². The van der Waals surface area contributed by atoms with Gasteiger partial charge in [-0.1, -0.05) is 0 Å². The van der Waals surface area contributed by atoms with Crippen LogP contribution in [0.4, 0.5) is 9.18 Å². The van der Waals surface area contributed by atoms with Gasteiger partial charge < -0.3 is 15.2 Å². The number of hydrogen-bond donors (Lipinski definition) is 1. The third-order valence-electron chi connectivity index (χ3n) is 3.14. The van der Waals surface area contributed by atoms with Crippen LogP contribution in [0.1, 0.15) is 11.1 Å². The van der Waals surface area contributed by atoms with Gasteiger partial charge in [-0.2, -0.15) is 0 Å². The van der Waals surface area contributed by atoms with Crippen molar-refractivity contribution >= 4 is 6.09 Å². The number of morpholine rings is 1. The van der Waals surface area contributed by atoms with Gasteiger partial charge in [0.1, 0.15) is 11.6 Å². The van der Waals surface area contributed by atoms with E-state index in [1.54, 1.807) is 13.0 Å². The summed E-state index contributed by atoms with van der Waals surface area (Å²) in [5.74, 6) is -0.263. The Hall–Kier alpha value is -1.66. The van der Waals surface area contributed by atoms with Crippen LogP contribution >= 0.6 is 0 Å². The Kier molecular flexibility index (Phi) is 4.34. The van der Waals surface area contributed by atoms with Crippen molar-refractivity contribution in [3.8, 4) is 5.75 Å². The molecule has 19 heavy (non-hydrogen) atoms. The summed E-state index contributed by atoms with van der Waals surface area (Å²) < 4.78 is 23.8. The van der Waals surface area contributed by atoms with Gasteiger partial charge >= 0.3 is 6.09 Å². The van der Waals surface area contributed by atoms with Crippen LogP contribution in [-0.4, -0.2) is 37.3 Å². The van der Waals surface area contributed by atoms with Gasteiger partial charge in [0.15, 0.2) is 0 Å². The fourth-order valence-electron chi connectivity index (χ4n) is 2.05. The SMILES string of the molecule is Cc1c(F)cc(OC(N)=O)cc1CN1CCOCC1. The predicted octanol–water partition coefficient (Wildman–Crippen LogP) is 1.42. The van der Waals surface area contributed by atoms with Crippen molar-refractivity contribution in [3.63, 3.8) is 0 Å². The second-order valence-corrected chi connectivity index (χ2v) is 4.50. The first-order chi connectivity index (χ1) is 9.06. The van der Waals surface area contributed by atoms with Gasteiger partial charge in [0.2, 0.25) is 0 Å². The van der Waals surface area contributed by atoms with Gasteiger partial charge in [0.05, 0.1) is 13.2 Å². The first kappa shape index (κ1) is 13.8. The minimum Gasteiger partial charge on any atom is -0.410 e. The van der Waals surface area contributed by atoms with Gasteiger partial charge in [0, 0.05) is 25.7 Å². The molecule has 1 aromatic rings. The second kappa shape index (κ2) is 5.99. The van der Waals surface area contributed by atoms with Gasteiger partial charge in [-0.3, -0.25) is 4.90 Å². The molecule has 6 heteroatoms. The number of carbonyl (C=O) groups excluding carboxylic acids is 1. The monoisotopic (exact) mass is 268 g/mol. The third-order valence-corrected chi connectivity index (χ3v) is 3.14. The zero-order valence-electron chi connectivity index (χ0n) is 10.8. The lowest BCUT2D eigenvalue weighted by Crippen LogP contribution is -2.35. The molecule has 1 aliphatic heterocycles. The molecule has 0 aromatic heterocycles. The van der Waals surface area contributed by atoms with Crippen molar-refractivity contribution in [2.45, 2.75) is 13.5 Å². The smallest absolute Gasteiger partial charge is 0.409 e. The molecule has 2 N–H and O–H groups in total. The van der Waals surface area contributed by atoms with Crippen molar-refractivity contribution in [2.24, 2.45) is 5.73 Å². The minimum absolute atomic E-state index is 0.138. The van der Waals surface area contributed by atoms with Crippen molar-refractivity contribution in [1.29, 1.82) is 0 Å². The number of nitrogens with zero attached hydrogens (tertiary/aromatic N) is 1. The number of ether oxygens (including phenoxy) is 2. The molecule has 0 aliphatic carbocycles. The quantitative estimate of drug-likeness (QED) is 0.900. The molecule has 2 rings (SSSR count). The average Bonchev–Trinajstić information content (AvgIpc) is 2.36. The van der Waals surface area contributed by atoms with E-state index in [2.05, 4.69) is 4.90 Å². The Morgan fingerprint density at radius 1 is 1.47 bits per heavy atom. The lowest BCUT2D eigenvalue weighted by atomic mass is 10.1. The Morgan fingerprint density at radius 3 is 2.79 bits per heavy atom. The van der Waals surface area contributed by atoms with Gasteiger partial charge in [-0.05, 0) is 24.1 Å². The fraction of sp³-hybridized carbons (Fsp3) is 0.462. The van der Waals surface area contributed by atoms with Gasteiger partial charge in [0.25, 0.3) is 0 Å². The number of halogens is 1. The molecule has 1 amide bonds. The molecule has 0 saturated carbocycles. The lowest BCUT2D eigenvalue weighted by molar-refractivity contribution is 0.0340. The summed E-state index contributed by atoms with van der Waals surface area (Å²) in [6.07, 6.45) is -0.944. The summed E-state index contributed by atoms with van der Waals surface area (Å²) in [4.78, 5) is 12.9. The summed E-state index contributed by atoms with van der Waals surface area (Å²) in [5, 5.41) is 0. The van der Waals surface area contributed by atoms with Crippen molar-refractivity contribution in [1.82, 2.24) is 4.90 Å². The molecule has 1 aliphatic rings. The van der Waals surface area contributed by atoms with Crippen LogP contribution in [0, 0.1) is 12.7 Å². The molecule has 104 valence electrons. The van der Waals surface area contributed by atoms with Crippen molar-refractivity contribution in [2.75, 3.05) is 26.3 Å². The number of carbonyl (C=O) groups is 1. The van der Waals surface area contributed by atoms with E-state index in [9.17, 15) is 9.18 Å². The maximum atomic E-state index is 13.8. The van der Waals surface area contributed by atoms with Crippen LogP contribution in [0.2, 0.25) is 0 Å². The molecule has 0 bridgehead atoms. The number of hydrogen-bond acceptors (Lipinski definition) is 4.